The summed E-state index contributed by atoms with van der Waals surface area (Å²) in [5, 5.41) is 2.11. The van der Waals surface area contributed by atoms with Crippen molar-refractivity contribution >= 4 is 52.2 Å². The molecule has 0 saturated carbocycles. The standard InChI is InChI=1S/C25H18FIN2O5/c1-33-22-12-16(7-10-21(22)34-14-15-5-8-18(27)9-6-15)11-20-23(30)28-25(32)29(24(20)31)19-4-2-3-17(26)13-19/h2-13H,14H2,1H3,(H,28,30,32)/b20-11+. The number of hydrogen-bond acceptors (Lipinski definition) is 5. The van der Waals surface area contributed by atoms with Gasteiger partial charge in [0, 0.05) is 3.57 Å². The molecule has 1 N–H and O–H groups in total. The van der Waals surface area contributed by atoms with Crippen molar-refractivity contribution < 1.29 is 28.2 Å². The van der Waals surface area contributed by atoms with Crippen molar-refractivity contribution in [3.05, 3.63) is 92.8 Å². The molecule has 3 aromatic rings. The first-order valence-corrected chi connectivity index (χ1v) is 11.2. The van der Waals surface area contributed by atoms with Crippen LogP contribution in [-0.2, 0) is 16.2 Å². The van der Waals surface area contributed by atoms with Crippen LogP contribution in [0.5, 0.6) is 11.5 Å². The molecule has 0 atom stereocenters. The topological polar surface area (TPSA) is 84.9 Å². The van der Waals surface area contributed by atoms with Crippen molar-refractivity contribution in [2.45, 2.75) is 6.61 Å². The number of imide groups is 2. The quantitative estimate of drug-likeness (QED) is 0.264. The number of benzene rings is 3. The monoisotopic (exact) mass is 572 g/mol. The summed E-state index contributed by atoms with van der Waals surface area (Å²) in [6, 6.07) is 16.9. The summed E-state index contributed by atoms with van der Waals surface area (Å²) in [6.45, 7) is 0.333. The van der Waals surface area contributed by atoms with Crippen molar-refractivity contribution in [2.24, 2.45) is 0 Å². The minimum absolute atomic E-state index is 0.0119. The van der Waals surface area contributed by atoms with E-state index in [1.165, 1.54) is 31.4 Å². The fraction of sp³-hybridized carbons (Fsp3) is 0.0800. The number of amides is 4. The molecule has 34 heavy (non-hydrogen) atoms. The Bertz CT molecular complexity index is 1310. The average molecular weight is 572 g/mol. The third kappa shape index (κ3) is 5.09. The zero-order valence-corrected chi connectivity index (χ0v) is 20.0. The number of urea groups is 1. The SMILES string of the molecule is COc1cc(/C=C2\C(=O)NC(=O)N(c3cccc(F)c3)C2=O)ccc1OCc1ccc(I)cc1. The fourth-order valence-electron chi connectivity index (χ4n) is 3.31. The van der Waals surface area contributed by atoms with Gasteiger partial charge in [0.2, 0.25) is 0 Å². The van der Waals surface area contributed by atoms with E-state index in [0.717, 1.165) is 15.2 Å². The molecule has 172 valence electrons. The highest BCUT2D eigenvalue weighted by atomic mass is 127. The number of nitrogens with zero attached hydrogens (tertiary/aromatic N) is 1. The largest absolute Gasteiger partial charge is 0.493 e. The summed E-state index contributed by atoms with van der Waals surface area (Å²) in [6.07, 6.45) is 1.34. The van der Waals surface area contributed by atoms with Gasteiger partial charge in [-0.3, -0.25) is 14.9 Å². The number of nitrogens with one attached hydrogen (secondary N) is 1. The number of halogens is 2. The molecule has 3 aromatic carbocycles. The molecule has 0 unspecified atom stereocenters. The molecule has 4 rings (SSSR count). The van der Waals surface area contributed by atoms with E-state index in [2.05, 4.69) is 27.9 Å². The van der Waals surface area contributed by atoms with Gasteiger partial charge in [-0.25, -0.2) is 14.1 Å². The van der Waals surface area contributed by atoms with Crippen LogP contribution in [0.15, 0.2) is 72.3 Å². The second-order valence-corrected chi connectivity index (χ2v) is 8.51. The number of ether oxygens (including phenoxy) is 2. The van der Waals surface area contributed by atoms with Crippen LogP contribution in [0.25, 0.3) is 6.08 Å². The van der Waals surface area contributed by atoms with Gasteiger partial charge in [-0.05, 0) is 82.3 Å². The van der Waals surface area contributed by atoms with E-state index in [1.807, 2.05) is 24.3 Å². The highest BCUT2D eigenvalue weighted by Crippen LogP contribution is 2.30. The lowest BCUT2D eigenvalue weighted by Crippen LogP contribution is -2.54. The maximum absolute atomic E-state index is 13.6. The highest BCUT2D eigenvalue weighted by molar-refractivity contribution is 14.1. The third-order valence-corrected chi connectivity index (χ3v) is 5.69. The highest BCUT2D eigenvalue weighted by Gasteiger charge is 2.37. The molecule has 1 saturated heterocycles. The normalized spacial score (nSPS) is 14.9. The van der Waals surface area contributed by atoms with Crippen LogP contribution in [0.1, 0.15) is 11.1 Å². The molecule has 7 nitrogen and oxygen atoms in total. The van der Waals surface area contributed by atoms with E-state index in [4.69, 9.17) is 9.47 Å². The maximum Gasteiger partial charge on any atom is 0.335 e. The average Bonchev–Trinajstić information content (AvgIpc) is 2.81. The molecule has 1 aliphatic heterocycles. The minimum Gasteiger partial charge on any atom is -0.493 e. The molecule has 0 spiro atoms. The minimum atomic E-state index is -0.949. The zero-order valence-electron chi connectivity index (χ0n) is 17.9. The summed E-state index contributed by atoms with van der Waals surface area (Å²) < 4.78 is 26.0. The van der Waals surface area contributed by atoms with Crippen molar-refractivity contribution in [2.75, 3.05) is 12.0 Å². The Kier molecular flexibility index (Phi) is 6.92. The van der Waals surface area contributed by atoms with E-state index in [9.17, 15) is 18.8 Å². The number of anilines is 1. The molecule has 9 heteroatoms. The Morgan fingerprint density at radius 1 is 1.00 bits per heavy atom. The Morgan fingerprint density at radius 3 is 2.47 bits per heavy atom. The van der Waals surface area contributed by atoms with Gasteiger partial charge in [-0.1, -0.05) is 24.3 Å². The second kappa shape index (κ2) is 10.0. The second-order valence-electron chi connectivity index (χ2n) is 7.26. The van der Waals surface area contributed by atoms with Crippen LogP contribution in [0.4, 0.5) is 14.9 Å². The van der Waals surface area contributed by atoms with Crippen molar-refractivity contribution in [1.82, 2.24) is 5.32 Å². The van der Waals surface area contributed by atoms with E-state index in [-0.39, 0.29) is 11.3 Å². The predicted octanol–water partition coefficient (Wildman–Crippen LogP) is 4.68. The van der Waals surface area contributed by atoms with E-state index >= 15 is 0 Å². The molecular weight excluding hydrogens is 554 g/mol. The first kappa shape index (κ1) is 23.4. The summed E-state index contributed by atoms with van der Waals surface area (Å²) >= 11 is 2.23. The lowest BCUT2D eigenvalue weighted by atomic mass is 10.1. The predicted molar refractivity (Wildman–Crippen MR) is 132 cm³/mol. The maximum atomic E-state index is 13.6. The smallest absolute Gasteiger partial charge is 0.335 e. The zero-order chi connectivity index (χ0) is 24.2. The lowest BCUT2D eigenvalue weighted by molar-refractivity contribution is -0.122. The number of carbonyl (C=O) groups excluding carboxylic acids is 3. The van der Waals surface area contributed by atoms with E-state index in [1.54, 1.807) is 18.2 Å². The number of hydrogen-bond donors (Lipinski definition) is 1. The van der Waals surface area contributed by atoms with Gasteiger partial charge in [0.15, 0.2) is 11.5 Å². The van der Waals surface area contributed by atoms with Crippen molar-refractivity contribution in [3.63, 3.8) is 0 Å². The Balaban J connectivity index is 1.59. The molecule has 1 aliphatic rings. The van der Waals surface area contributed by atoms with Crippen LogP contribution >= 0.6 is 22.6 Å². The van der Waals surface area contributed by atoms with E-state index < -0.39 is 23.7 Å². The molecule has 0 aliphatic carbocycles. The van der Waals surface area contributed by atoms with Crippen molar-refractivity contribution in [3.8, 4) is 11.5 Å². The summed E-state index contributed by atoms with van der Waals surface area (Å²) in [5.74, 6) is -1.44. The van der Waals surface area contributed by atoms with Crippen LogP contribution in [0.2, 0.25) is 0 Å². The third-order valence-electron chi connectivity index (χ3n) is 4.97. The van der Waals surface area contributed by atoms with Gasteiger partial charge >= 0.3 is 6.03 Å². The van der Waals surface area contributed by atoms with Gasteiger partial charge in [-0.2, -0.15) is 0 Å². The van der Waals surface area contributed by atoms with Gasteiger partial charge in [-0.15, -0.1) is 0 Å². The van der Waals surface area contributed by atoms with Gasteiger partial charge in [0.25, 0.3) is 11.8 Å². The van der Waals surface area contributed by atoms with Crippen molar-refractivity contribution in [1.29, 1.82) is 0 Å². The van der Waals surface area contributed by atoms with Gasteiger partial charge in [0.1, 0.15) is 18.0 Å². The van der Waals surface area contributed by atoms with Crippen LogP contribution < -0.4 is 19.7 Å². The number of methoxy groups -OCH3 is 1. The molecule has 1 fully saturated rings. The Labute approximate surface area is 208 Å². The molecule has 4 amide bonds. The summed E-state index contributed by atoms with van der Waals surface area (Å²) in [7, 11) is 1.48. The molecule has 1 heterocycles. The number of carbonyl (C=O) groups is 3. The molecule has 0 radical (unpaired) electrons. The first-order chi connectivity index (χ1) is 16.4. The number of barbiturate groups is 1. The van der Waals surface area contributed by atoms with E-state index in [0.29, 0.717) is 28.6 Å². The fourth-order valence-corrected chi connectivity index (χ4v) is 3.67. The van der Waals surface area contributed by atoms with Crippen LogP contribution in [-0.4, -0.2) is 25.0 Å². The summed E-state index contributed by atoms with van der Waals surface area (Å²) in [4.78, 5) is 38.3. The Morgan fingerprint density at radius 2 is 1.76 bits per heavy atom. The van der Waals surface area contributed by atoms with Crippen LogP contribution in [0.3, 0.4) is 0 Å². The molecule has 0 bridgehead atoms. The molecule has 0 aromatic heterocycles. The summed E-state index contributed by atoms with van der Waals surface area (Å²) in [5.41, 5.74) is 1.20. The Hall–Kier alpha value is -3.73. The number of rotatable bonds is 6. The lowest BCUT2D eigenvalue weighted by Gasteiger charge is -2.26. The van der Waals surface area contributed by atoms with Crippen LogP contribution in [0, 0.1) is 9.39 Å². The van der Waals surface area contributed by atoms with Gasteiger partial charge in [0.05, 0.1) is 12.8 Å². The first-order valence-electron chi connectivity index (χ1n) is 10.1. The molecular formula is C25H18FIN2O5. The van der Waals surface area contributed by atoms with Gasteiger partial charge < -0.3 is 9.47 Å².